The van der Waals surface area contributed by atoms with Gasteiger partial charge in [0.1, 0.15) is 0 Å². The molecule has 0 aromatic heterocycles. The third-order valence-electron chi connectivity index (χ3n) is 4.63. The molecule has 2 aliphatic heterocycles. The zero-order valence-corrected chi connectivity index (χ0v) is 12.8. The van der Waals surface area contributed by atoms with Gasteiger partial charge in [0.15, 0.2) is 0 Å². The van der Waals surface area contributed by atoms with Crippen LogP contribution in [0.1, 0.15) is 18.4 Å². The van der Waals surface area contributed by atoms with Crippen molar-refractivity contribution < 1.29 is 4.74 Å². The first-order valence-corrected chi connectivity index (χ1v) is 7.92. The van der Waals surface area contributed by atoms with Crippen LogP contribution in [0.3, 0.4) is 0 Å². The van der Waals surface area contributed by atoms with Crippen molar-refractivity contribution in [3.05, 3.63) is 34.9 Å². The minimum Gasteiger partial charge on any atom is -0.374 e. The van der Waals surface area contributed by atoms with Crippen molar-refractivity contribution in [2.75, 3.05) is 26.7 Å². The van der Waals surface area contributed by atoms with Gasteiger partial charge >= 0.3 is 0 Å². The number of halogens is 1. The van der Waals surface area contributed by atoms with Gasteiger partial charge in [0, 0.05) is 23.7 Å². The molecular formula is C16H23ClN2O. The molecule has 0 saturated carbocycles. The second-order valence-electron chi connectivity index (χ2n) is 5.85. The van der Waals surface area contributed by atoms with Gasteiger partial charge in [0.25, 0.3) is 0 Å². The lowest BCUT2D eigenvalue weighted by atomic mass is 9.99. The maximum Gasteiger partial charge on any atom is 0.0858 e. The van der Waals surface area contributed by atoms with Crippen LogP contribution in [0.2, 0.25) is 5.02 Å². The maximum atomic E-state index is 6.27. The molecule has 1 N–H and O–H groups in total. The topological polar surface area (TPSA) is 24.5 Å². The maximum absolute atomic E-state index is 6.27. The molecule has 0 radical (unpaired) electrons. The summed E-state index contributed by atoms with van der Waals surface area (Å²) in [5.74, 6) is 0. The molecule has 2 heterocycles. The Balaban J connectivity index is 1.66. The minimum atomic E-state index is 0.255. The van der Waals surface area contributed by atoms with Gasteiger partial charge in [0.05, 0.1) is 12.7 Å². The Morgan fingerprint density at radius 3 is 3.10 bits per heavy atom. The largest absolute Gasteiger partial charge is 0.374 e. The van der Waals surface area contributed by atoms with Crippen LogP contribution < -0.4 is 5.32 Å². The molecule has 3 rings (SSSR count). The first-order valence-electron chi connectivity index (χ1n) is 7.54. The van der Waals surface area contributed by atoms with E-state index in [0.717, 1.165) is 24.6 Å². The van der Waals surface area contributed by atoms with Crippen LogP contribution >= 0.6 is 11.6 Å². The summed E-state index contributed by atoms with van der Waals surface area (Å²) in [6.45, 7) is 3.15. The first kappa shape index (κ1) is 14.3. The number of nitrogens with one attached hydrogen (secondary N) is 1. The van der Waals surface area contributed by atoms with Gasteiger partial charge in [-0.1, -0.05) is 29.8 Å². The fourth-order valence-electron chi connectivity index (χ4n) is 3.41. The summed E-state index contributed by atoms with van der Waals surface area (Å²) in [4.78, 5) is 2.59. The van der Waals surface area contributed by atoms with Gasteiger partial charge in [-0.05, 0) is 44.5 Å². The number of benzene rings is 1. The van der Waals surface area contributed by atoms with Crippen LogP contribution in [-0.2, 0) is 11.2 Å². The Bertz CT molecular complexity index is 454. The Labute approximate surface area is 126 Å². The molecule has 0 amide bonds. The molecule has 0 aliphatic carbocycles. The van der Waals surface area contributed by atoms with Gasteiger partial charge in [-0.2, -0.15) is 0 Å². The summed E-state index contributed by atoms with van der Waals surface area (Å²) in [6.07, 6.45) is 3.78. The summed E-state index contributed by atoms with van der Waals surface area (Å²) >= 11 is 6.27. The lowest BCUT2D eigenvalue weighted by Gasteiger charge is -2.39. The molecule has 3 unspecified atom stereocenters. The van der Waals surface area contributed by atoms with E-state index in [2.05, 4.69) is 16.3 Å². The van der Waals surface area contributed by atoms with E-state index < -0.39 is 0 Å². The standard InChI is InChI=1S/C16H23ClN2O/c1-18-15(9-12-5-2-3-7-14(12)17)16-10-19-8-4-6-13(19)11-20-16/h2-3,5,7,13,15-16,18H,4,6,8-11H2,1H3. The number of rotatable bonds is 4. The predicted octanol–water partition coefficient (Wildman–Crippen LogP) is 2.33. The predicted molar refractivity (Wildman–Crippen MR) is 82.3 cm³/mol. The number of fused-ring (bicyclic) bond motifs is 1. The number of hydrogen-bond donors (Lipinski definition) is 1. The van der Waals surface area contributed by atoms with E-state index in [0.29, 0.717) is 12.1 Å². The fourth-order valence-corrected chi connectivity index (χ4v) is 3.62. The third kappa shape index (κ3) is 3.01. The number of morpholine rings is 1. The zero-order chi connectivity index (χ0) is 13.9. The highest BCUT2D eigenvalue weighted by atomic mass is 35.5. The fraction of sp³-hybridized carbons (Fsp3) is 0.625. The highest BCUT2D eigenvalue weighted by molar-refractivity contribution is 6.31. The molecule has 20 heavy (non-hydrogen) atoms. The molecule has 1 aromatic rings. The first-order chi connectivity index (χ1) is 9.78. The molecule has 3 atom stereocenters. The van der Waals surface area contributed by atoms with Crippen molar-refractivity contribution in [1.82, 2.24) is 10.2 Å². The van der Waals surface area contributed by atoms with E-state index in [1.807, 2.05) is 25.2 Å². The Hall–Kier alpha value is -0.610. The Kier molecular flexibility index (Phi) is 4.61. The Morgan fingerprint density at radius 1 is 1.45 bits per heavy atom. The SMILES string of the molecule is CNC(Cc1ccccc1Cl)C1CN2CCCC2CO1. The van der Waals surface area contributed by atoms with Gasteiger partial charge in [0.2, 0.25) is 0 Å². The van der Waals surface area contributed by atoms with E-state index in [4.69, 9.17) is 16.3 Å². The van der Waals surface area contributed by atoms with Crippen molar-refractivity contribution in [3.63, 3.8) is 0 Å². The quantitative estimate of drug-likeness (QED) is 0.922. The molecule has 2 saturated heterocycles. The smallest absolute Gasteiger partial charge is 0.0858 e. The normalized spacial score (nSPS) is 28.3. The van der Waals surface area contributed by atoms with Crippen molar-refractivity contribution >= 4 is 11.6 Å². The second kappa shape index (κ2) is 6.44. The van der Waals surface area contributed by atoms with Gasteiger partial charge < -0.3 is 10.1 Å². The van der Waals surface area contributed by atoms with Crippen LogP contribution in [0.5, 0.6) is 0 Å². The summed E-state index contributed by atoms with van der Waals surface area (Å²) in [5, 5.41) is 4.27. The number of nitrogens with zero attached hydrogens (tertiary/aromatic N) is 1. The van der Waals surface area contributed by atoms with E-state index >= 15 is 0 Å². The minimum absolute atomic E-state index is 0.255. The van der Waals surface area contributed by atoms with Crippen LogP contribution in [0.4, 0.5) is 0 Å². The highest BCUT2D eigenvalue weighted by Gasteiger charge is 2.35. The molecule has 0 bridgehead atoms. The van der Waals surface area contributed by atoms with E-state index in [-0.39, 0.29) is 6.10 Å². The molecule has 0 spiro atoms. The molecule has 2 aliphatic rings. The molecule has 1 aromatic carbocycles. The average molecular weight is 295 g/mol. The summed E-state index contributed by atoms with van der Waals surface area (Å²) in [7, 11) is 2.01. The lowest BCUT2D eigenvalue weighted by Crippen LogP contribution is -2.54. The Morgan fingerprint density at radius 2 is 2.30 bits per heavy atom. The third-order valence-corrected chi connectivity index (χ3v) is 5.00. The molecule has 110 valence electrons. The molecular weight excluding hydrogens is 272 g/mol. The van der Waals surface area contributed by atoms with Crippen LogP contribution in [0, 0.1) is 0 Å². The van der Waals surface area contributed by atoms with Crippen molar-refractivity contribution in [3.8, 4) is 0 Å². The molecule has 2 fully saturated rings. The van der Waals surface area contributed by atoms with E-state index in [1.54, 1.807) is 0 Å². The van der Waals surface area contributed by atoms with Crippen molar-refractivity contribution in [2.45, 2.75) is 37.5 Å². The van der Waals surface area contributed by atoms with Gasteiger partial charge in [-0.25, -0.2) is 0 Å². The summed E-state index contributed by atoms with van der Waals surface area (Å²) in [6, 6.07) is 9.06. The number of hydrogen-bond acceptors (Lipinski definition) is 3. The molecule has 4 heteroatoms. The van der Waals surface area contributed by atoms with E-state index in [1.165, 1.54) is 24.9 Å². The number of likely N-dealkylation sites (N-methyl/N-ethyl adjacent to an activating group) is 1. The highest BCUT2D eigenvalue weighted by Crippen LogP contribution is 2.25. The average Bonchev–Trinajstić information content (AvgIpc) is 2.94. The van der Waals surface area contributed by atoms with Crippen LogP contribution in [0.25, 0.3) is 0 Å². The second-order valence-corrected chi connectivity index (χ2v) is 6.26. The monoisotopic (exact) mass is 294 g/mol. The van der Waals surface area contributed by atoms with Crippen molar-refractivity contribution in [2.24, 2.45) is 0 Å². The summed E-state index contributed by atoms with van der Waals surface area (Å²) < 4.78 is 6.11. The van der Waals surface area contributed by atoms with Gasteiger partial charge in [-0.3, -0.25) is 4.90 Å². The van der Waals surface area contributed by atoms with Crippen LogP contribution in [0.15, 0.2) is 24.3 Å². The van der Waals surface area contributed by atoms with Gasteiger partial charge in [-0.15, -0.1) is 0 Å². The zero-order valence-electron chi connectivity index (χ0n) is 12.0. The van der Waals surface area contributed by atoms with E-state index in [9.17, 15) is 0 Å². The van der Waals surface area contributed by atoms with Crippen molar-refractivity contribution in [1.29, 1.82) is 0 Å². The number of ether oxygens (including phenoxy) is 1. The van der Waals surface area contributed by atoms with Crippen LogP contribution in [-0.4, -0.2) is 49.8 Å². The summed E-state index contributed by atoms with van der Waals surface area (Å²) in [5.41, 5.74) is 1.20. The lowest BCUT2D eigenvalue weighted by molar-refractivity contribution is -0.0634. The molecule has 3 nitrogen and oxygen atoms in total.